The summed E-state index contributed by atoms with van der Waals surface area (Å²) in [5.41, 5.74) is 2.39. The molecular formula is C19H21NO5S. The minimum absolute atomic E-state index is 0.124. The average molecular weight is 375 g/mol. The maximum absolute atomic E-state index is 12.5. The molecule has 0 spiro atoms. The van der Waals surface area contributed by atoms with Crippen molar-refractivity contribution in [1.29, 1.82) is 0 Å². The van der Waals surface area contributed by atoms with Gasteiger partial charge in [0.2, 0.25) is 10.0 Å². The number of nitrogens with one attached hydrogen (secondary N) is 1. The number of sulfonamides is 1. The van der Waals surface area contributed by atoms with Crippen molar-refractivity contribution in [3.05, 3.63) is 59.7 Å². The lowest BCUT2D eigenvalue weighted by atomic mass is 9.88. The Hall–Kier alpha value is -2.38. The summed E-state index contributed by atoms with van der Waals surface area (Å²) in [6, 6.07) is 13.9. The average Bonchev–Trinajstić information content (AvgIpc) is 2.95. The van der Waals surface area contributed by atoms with E-state index in [0.29, 0.717) is 12.3 Å². The van der Waals surface area contributed by atoms with Crippen LogP contribution in [-0.2, 0) is 27.7 Å². The highest BCUT2D eigenvalue weighted by Gasteiger charge is 2.33. The van der Waals surface area contributed by atoms with Crippen LogP contribution < -0.4 is 9.46 Å². The fourth-order valence-electron chi connectivity index (χ4n) is 3.22. The standard InChI is InChI=1S/C19H21NO5S/c1-19(10-14-4-2-3-5-15(14)11-19)13-20-26(23,24)17-8-6-16(7-9-17)25-12-18(21)22/h2-9,20H,10-13H2,1H3,(H,21,22). The second kappa shape index (κ2) is 7.09. The zero-order valence-corrected chi connectivity index (χ0v) is 15.3. The van der Waals surface area contributed by atoms with E-state index in [1.807, 2.05) is 12.1 Å². The molecule has 0 saturated carbocycles. The van der Waals surface area contributed by atoms with E-state index in [1.54, 1.807) is 0 Å². The Morgan fingerprint density at radius 1 is 1.12 bits per heavy atom. The number of carboxylic acid groups (broad SMARTS) is 1. The van der Waals surface area contributed by atoms with Gasteiger partial charge in [0, 0.05) is 6.54 Å². The van der Waals surface area contributed by atoms with Crippen LogP contribution in [0.4, 0.5) is 0 Å². The molecule has 6 nitrogen and oxygen atoms in total. The van der Waals surface area contributed by atoms with Crippen LogP contribution in [-0.4, -0.2) is 32.6 Å². The molecular weight excluding hydrogens is 354 g/mol. The SMILES string of the molecule is CC1(CNS(=O)(=O)c2ccc(OCC(=O)O)cc2)Cc2ccccc2C1. The van der Waals surface area contributed by atoms with E-state index in [0.717, 1.165) is 12.8 Å². The molecule has 0 amide bonds. The van der Waals surface area contributed by atoms with Crippen LogP contribution in [0.25, 0.3) is 0 Å². The minimum atomic E-state index is -3.64. The lowest BCUT2D eigenvalue weighted by molar-refractivity contribution is -0.139. The Bertz CT molecular complexity index is 881. The van der Waals surface area contributed by atoms with E-state index < -0.39 is 22.6 Å². The summed E-state index contributed by atoms with van der Waals surface area (Å²) >= 11 is 0. The molecule has 7 heteroatoms. The third-order valence-corrected chi connectivity index (χ3v) is 5.96. The van der Waals surface area contributed by atoms with Crippen LogP contribution in [0.2, 0.25) is 0 Å². The first-order valence-corrected chi connectivity index (χ1v) is 9.77. The normalized spacial score (nSPS) is 15.4. The van der Waals surface area contributed by atoms with Crippen molar-refractivity contribution in [3.63, 3.8) is 0 Å². The summed E-state index contributed by atoms with van der Waals surface area (Å²) in [7, 11) is -3.64. The number of hydrogen-bond acceptors (Lipinski definition) is 4. The summed E-state index contributed by atoms with van der Waals surface area (Å²) in [5, 5.41) is 8.59. The van der Waals surface area contributed by atoms with E-state index in [-0.39, 0.29) is 10.3 Å². The largest absolute Gasteiger partial charge is 0.482 e. The van der Waals surface area contributed by atoms with E-state index >= 15 is 0 Å². The van der Waals surface area contributed by atoms with Gasteiger partial charge in [-0.1, -0.05) is 31.2 Å². The highest BCUT2D eigenvalue weighted by molar-refractivity contribution is 7.89. The number of aliphatic carboxylic acids is 1. The van der Waals surface area contributed by atoms with E-state index in [4.69, 9.17) is 9.84 Å². The predicted octanol–water partition coefficient (Wildman–Crippen LogP) is 2.23. The molecule has 3 rings (SSSR count). The zero-order chi connectivity index (χ0) is 18.8. The molecule has 0 atom stereocenters. The topological polar surface area (TPSA) is 92.7 Å². The third-order valence-electron chi connectivity index (χ3n) is 4.54. The highest BCUT2D eigenvalue weighted by atomic mass is 32.2. The fourth-order valence-corrected chi connectivity index (χ4v) is 4.42. The number of carboxylic acids is 1. The molecule has 26 heavy (non-hydrogen) atoms. The molecule has 0 bridgehead atoms. The smallest absolute Gasteiger partial charge is 0.341 e. The Kier molecular flexibility index (Phi) is 5.02. The molecule has 0 fully saturated rings. The number of hydrogen-bond donors (Lipinski definition) is 2. The van der Waals surface area contributed by atoms with Gasteiger partial charge in [0.15, 0.2) is 6.61 Å². The Labute approximate surface area is 152 Å². The van der Waals surface area contributed by atoms with Crippen molar-refractivity contribution in [2.45, 2.75) is 24.7 Å². The third kappa shape index (κ3) is 4.23. The summed E-state index contributed by atoms with van der Waals surface area (Å²) in [6.07, 6.45) is 1.68. The van der Waals surface area contributed by atoms with Crippen LogP contribution in [0.5, 0.6) is 5.75 Å². The van der Waals surface area contributed by atoms with Gasteiger partial charge in [-0.3, -0.25) is 0 Å². The van der Waals surface area contributed by atoms with Gasteiger partial charge in [-0.15, -0.1) is 0 Å². The van der Waals surface area contributed by atoms with Crippen LogP contribution in [0.1, 0.15) is 18.1 Å². The van der Waals surface area contributed by atoms with Crippen molar-refractivity contribution in [1.82, 2.24) is 4.72 Å². The number of benzene rings is 2. The molecule has 2 N–H and O–H groups in total. The number of rotatable bonds is 7. The second-order valence-corrected chi connectivity index (χ2v) is 8.68. The van der Waals surface area contributed by atoms with Crippen LogP contribution in [0.3, 0.4) is 0 Å². The van der Waals surface area contributed by atoms with Gasteiger partial charge in [0.05, 0.1) is 4.90 Å². The van der Waals surface area contributed by atoms with Crippen molar-refractivity contribution < 1.29 is 23.1 Å². The molecule has 1 aliphatic carbocycles. The summed E-state index contributed by atoms with van der Waals surface area (Å²) in [6.45, 7) is 1.96. The Balaban J connectivity index is 1.63. The van der Waals surface area contributed by atoms with Crippen LogP contribution >= 0.6 is 0 Å². The van der Waals surface area contributed by atoms with Crippen LogP contribution in [0.15, 0.2) is 53.4 Å². The van der Waals surface area contributed by atoms with Crippen molar-refractivity contribution in [2.24, 2.45) is 5.41 Å². The second-order valence-electron chi connectivity index (χ2n) is 6.91. The van der Waals surface area contributed by atoms with E-state index in [1.165, 1.54) is 35.4 Å². The fraction of sp³-hybridized carbons (Fsp3) is 0.316. The summed E-state index contributed by atoms with van der Waals surface area (Å²) in [5.74, 6) is -0.779. The van der Waals surface area contributed by atoms with Gasteiger partial charge in [-0.05, 0) is 53.6 Å². The minimum Gasteiger partial charge on any atom is -0.482 e. The highest BCUT2D eigenvalue weighted by Crippen LogP contribution is 2.36. The maximum atomic E-state index is 12.5. The molecule has 2 aromatic carbocycles. The molecule has 0 unspecified atom stereocenters. The number of fused-ring (bicyclic) bond motifs is 1. The maximum Gasteiger partial charge on any atom is 0.341 e. The Morgan fingerprint density at radius 3 is 2.23 bits per heavy atom. The van der Waals surface area contributed by atoms with Crippen molar-refractivity contribution >= 4 is 16.0 Å². The van der Waals surface area contributed by atoms with Gasteiger partial charge in [0.25, 0.3) is 0 Å². The van der Waals surface area contributed by atoms with Crippen molar-refractivity contribution in [3.8, 4) is 5.75 Å². The number of ether oxygens (including phenoxy) is 1. The molecule has 2 aromatic rings. The first-order valence-electron chi connectivity index (χ1n) is 8.29. The van der Waals surface area contributed by atoms with Gasteiger partial charge in [-0.25, -0.2) is 17.9 Å². The summed E-state index contributed by atoms with van der Waals surface area (Å²) in [4.78, 5) is 10.6. The number of carbonyl (C=O) groups is 1. The van der Waals surface area contributed by atoms with Crippen LogP contribution in [0, 0.1) is 5.41 Å². The molecule has 0 saturated heterocycles. The van der Waals surface area contributed by atoms with Gasteiger partial charge in [-0.2, -0.15) is 0 Å². The predicted molar refractivity (Wildman–Crippen MR) is 96.7 cm³/mol. The van der Waals surface area contributed by atoms with Gasteiger partial charge < -0.3 is 9.84 Å². The molecule has 0 radical (unpaired) electrons. The zero-order valence-electron chi connectivity index (χ0n) is 14.4. The van der Waals surface area contributed by atoms with Gasteiger partial charge >= 0.3 is 5.97 Å². The molecule has 0 aromatic heterocycles. The van der Waals surface area contributed by atoms with E-state index in [2.05, 4.69) is 23.8 Å². The lowest BCUT2D eigenvalue weighted by Gasteiger charge is -2.24. The first-order chi connectivity index (χ1) is 12.3. The molecule has 0 aliphatic heterocycles. The molecule has 0 heterocycles. The summed E-state index contributed by atoms with van der Waals surface area (Å²) < 4.78 is 32.8. The monoisotopic (exact) mass is 375 g/mol. The molecule has 138 valence electrons. The quantitative estimate of drug-likeness (QED) is 0.774. The van der Waals surface area contributed by atoms with Crippen molar-refractivity contribution in [2.75, 3.05) is 13.2 Å². The lowest BCUT2D eigenvalue weighted by Crippen LogP contribution is -2.36. The van der Waals surface area contributed by atoms with Gasteiger partial charge in [0.1, 0.15) is 5.75 Å². The van der Waals surface area contributed by atoms with E-state index in [9.17, 15) is 13.2 Å². The molecule has 1 aliphatic rings. The first kappa shape index (κ1) is 18.4. The Morgan fingerprint density at radius 2 is 1.69 bits per heavy atom.